The second-order valence-corrected chi connectivity index (χ2v) is 5.29. The van der Waals surface area contributed by atoms with Crippen molar-refractivity contribution in [1.82, 2.24) is 20.0 Å². The molecule has 0 atom stereocenters. The molecule has 19 heavy (non-hydrogen) atoms. The number of rotatable bonds is 4. The van der Waals surface area contributed by atoms with Gasteiger partial charge in [0.25, 0.3) is 0 Å². The maximum absolute atomic E-state index is 11.9. The molecule has 0 bridgehead atoms. The van der Waals surface area contributed by atoms with Crippen molar-refractivity contribution >= 4 is 5.91 Å². The number of aromatic nitrogens is 2. The lowest BCUT2D eigenvalue weighted by atomic mass is 10.1. The number of hydrogen-bond donors (Lipinski definition) is 0. The van der Waals surface area contributed by atoms with Gasteiger partial charge in [0, 0.05) is 52.0 Å². The van der Waals surface area contributed by atoms with Crippen LogP contribution in [0.25, 0.3) is 0 Å². The van der Waals surface area contributed by atoms with E-state index >= 15 is 0 Å². The predicted molar refractivity (Wildman–Crippen MR) is 70.6 cm³/mol. The SMILES string of the molecule is Cc1nnc(CCN2CCN(C(=O)C(C)C)CC2)o1. The van der Waals surface area contributed by atoms with Crippen molar-refractivity contribution in [2.45, 2.75) is 27.2 Å². The number of hydrogen-bond acceptors (Lipinski definition) is 5. The topological polar surface area (TPSA) is 62.5 Å². The van der Waals surface area contributed by atoms with E-state index in [9.17, 15) is 4.79 Å². The fourth-order valence-electron chi connectivity index (χ4n) is 2.25. The Kier molecular flexibility index (Phi) is 4.52. The van der Waals surface area contributed by atoms with Gasteiger partial charge < -0.3 is 9.32 Å². The van der Waals surface area contributed by atoms with Crippen LogP contribution in [0.4, 0.5) is 0 Å². The molecule has 0 spiro atoms. The van der Waals surface area contributed by atoms with Crippen LogP contribution in [0.2, 0.25) is 0 Å². The number of aryl methyl sites for hydroxylation is 1. The van der Waals surface area contributed by atoms with Gasteiger partial charge in [-0.2, -0.15) is 0 Å². The minimum absolute atomic E-state index is 0.0907. The molecule has 0 saturated carbocycles. The van der Waals surface area contributed by atoms with Gasteiger partial charge in [-0.05, 0) is 0 Å². The van der Waals surface area contributed by atoms with E-state index in [2.05, 4.69) is 15.1 Å². The summed E-state index contributed by atoms with van der Waals surface area (Å²) in [6.45, 7) is 10.1. The lowest BCUT2D eigenvalue weighted by molar-refractivity contribution is -0.136. The Hall–Kier alpha value is -1.43. The molecule has 1 amide bonds. The van der Waals surface area contributed by atoms with Gasteiger partial charge in [0.1, 0.15) is 0 Å². The Balaban J connectivity index is 1.73. The zero-order chi connectivity index (χ0) is 13.8. The zero-order valence-corrected chi connectivity index (χ0v) is 11.9. The van der Waals surface area contributed by atoms with E-state index in [1.165, 1.54) is 0 Å². The maximum Gasteiger partial charge on any atom is 0.225 e. The molecule has 1 aromatic heterocycles. The van der Waals surface area contributed by atoms with Crippen molar-refractivity contribution in [3.8, 4) is 0 Å². The molecule has 6 heteroatoms. The Morgan fingerprint density at radius 3 is 2.47 bits per heavy atom. The lowest BCUT2D eigenvalue weighted by Gasteiger charge is -2.35. The first-order chi connectivity index (χ1) is 9.06. The van der Waals surface area contributed by atoms with Gasteiger partial charge in [-0.3, -0.25) is 9.69 Å². The van der Waals surface area contributed by atoms with Crippen LogP contribution in [0.15, 0.2) is 4.42 Å². The molecule has 1 saturated heterocycles. The molecule has 1 aromatic rings. The monoisotopic (exact) mass is 266 g/mol. The summed E-state index contributed by atoms with van der Waals surface area (Å²) in [5, 5.41) is 7.81. The minimum atomic E-state index is 0.0907. The molecular formula is C13H22N4O2. The summed E-state index contributed by atoms with van der Waals surface area (Å²) in [7, 11) is 0. The molecule has 0 aliphatic carbocycles. The summed E-state index contributed by atoms with van der Waals surface area (Å²) in [4.78, 5) is 16.2. The zero-order valence-electron chi connectivity index (χ0n) is 11.9. The van der Waals surface area contributed by atoms with Crippen molar-refractivity contribution in [3.63, 3.8) is 0 Å². The van der Waals surface area contributed by atoms with Crippen molar-refractivity contribution in [1.29, 1.82) is 0 Å². The molecule has 2 rings (SSSR count). The largest absolute Gasteiger partial charge is 0.426 e. The van der Waals surface area contributed by atoms with E-state index in [1.54, 1.807) is 6.92 Å². The molecule has 6 nitrogen and oxygen atoms in total. The van der Waals surface area contributed by atoms with E-state index in [-0.39, 0.29) is 11.8 Å². The highest BCUT2D eigenvalue weighted by Gasteiger charge is 2.22. The smallest absolute Gasteiger partial charge is 0.225 e. The van der Waals surface area contributed by atoms with Crippen LogP contribution in [-0.4, -0.2) is 58.6 Å². The second kappa shape index (κ2) is 6.14. The Morgan fingerprint density at radius 2 is 1.95 bits per heavy atom. The van der Waals surface area contributed by atoms with Gasteiger partial charge in [-0.15, -0.1) is 10.2 Å². The van der Waals surface area contributed by atoms with Gasteiger partial charge in [0.2, 0.25) is 17.7 Å². The third kappa shape index (κ3) is 3.76. The van der Waals surface area contributed by atoms with Crippen LogP contribution in [-0.2, 0) is 11.2 Å². The summed E-state index contributed by atoms with van der Waals surface area (Å²) in [5.74, 6) is 1.65. The normalized spacial score (nSPS) is 17.2. The molecule has 106 valence electrons. The van der Waals surface area contributed by atoms with Gasteiger partial charge >= 0.3 is 0 Å². The molecule has 1 aliphatic heterocycles. The first kappa shape index (κ1) is 14.0. The van der Waals surface area contributed by atoms with Crippen molar-refractivity contribution in [2.24, 2.45) is 5.92 Å². The highest BCUT2D eigenvalue weighted by Crippen LogP contribution is 2.08. The van der Waals surface area contributed by atoms with E-state index in [0.717, 1.165) is 39.1 Å². The van der Waals surface area contributed by atoms with E-state index in [0.29, 0.717) is 11.8 Å². The third-order valence-electron chi connectivity index (χ3n) is 3.39. The Bertz CT molecular complexity index is 422. The van der Waals surface area contributed by atoms with Crippen molar-refractivity contribution in [3.05, 3.63) is 11.8 Å². The van der Waals surface area contributed by atoms with Crippen molar-refractivity contribution < 1.29 is 9.21 Å². The molecule has 0 N–H and O–H groups in total. The van der Waals surface area contributed by atoms with Crippen LogP contribution in [0.3, 0.4) is 0 Å². The highest BCUT2D eigenvalue weighted by molar-refractivity contribution is 5.78. The second-order valence-electron chi connectivity index (χ2n) is 5.29. The highest BCUT2D eigenvalue weighted by atomic mass is 16.4. The van der Waals surface area contributed by atoms with E-state index < -0.39 is 0 Å². The molecular weight excluding hydrogens is 244 g/mol. The Morgan fingerprint density at radius 1 is 1.26 bits per heavy atom. The van der Waals surface area contributed by atoms with Crippen LogP contribution < -0.4 is 0 Å². The molecule has 2 heterocycles. The molecule has 0 unspecified atom stereocenters. The summed E-state index contributed by atoms with van der Waals surface area (Å²) in [6, 6.07) is 0. The van der Waals surface area contributed by atoms with E-state index in [1.807, 2.05) is 18.7 Å². The Labute approximate surface area is 113 Å². The third-order valence-corrected chi connectivity index (χ3v) is 3.39. The van der Waals surface area contributed by atoms with Crippen LogP contribution >= 0.6 is 0 Å². The van der Waals surface area contributed by atoms with Crippen molar-refractivity contribution in [2.75, 3.05) is 32.7 Å². The summed E-state index contributed by atoms with van der Waals surface area (Å²) in [5.41, 5.74) is 0. The summed E-state index contributed by atoms with van der Waals surface area (Å²) < 4.78 is 5.35. The number of carbonyl (C=O) groups excluding carboxylic acids is 1. The number of piperazine rings is 1. The molecule has 1 aliphatic rings. The van der Waals surface area contributed by atoms with Gasteiger partial charge in [0.15, 0.2) is 0 Å². The molecule has 0 radical (unpaired) electrons. The fraction of sp³-hybridized carbons (Fsp3) is 0.769. The number of amides is 1. The fourth-order valence-corrected chi connectivity index (χ4v) is 2.25. The number of nitrogens with zero attached hydrogens (tertiary/aromatic N) is 4. The molecule has 0 aromatic carbocycles. The van der Waals surface area contributed by atoms with Gasteiger partial charge in [0.05, 0.1) is 0 Å². The van der Waals surface area contributed by atoms with Gasteiger partial charge in [-0.1, -0.05) is 13.8 Å². The average Bonchev–Trinajstić information content (AvgIpc) is 2.82. The quantitative estimate of drug-likeness (QED) is 0.803. The first-order valence-corrected chi connectivity index (χ1v) is 6.86. The van der Waals surface area contributed by atoms with Crippen LogP contribution in [0.1, 0.15) is 25.6 Å². The maximum atomic E-state index is 11.9. The average molecular weight is 266 g/mol. The summed E-state index contributed by atoms with van der Waals surface area (Å²) >= 11 is 0. The number of carbonyl (C=O) groups is 1. The van der Waals surface area contributed by atoms with Gasteiger partial charge in [-0.25, -0.2) is 0 Å². The van der Waals surface area contributed by atoms with Crippen LogP contribution in [0.5, 0.6) is 0 Å². The van der Waals surface area contributed by atoms with E-state index in [4.69, 9.17) is 4.42 Å². The minimum Gasteiger partial charge on any atom is -0.426 e. The predicted octanol–water partition coefficient (Wildman–Crippen LogP) is 0.721. The first-order valence-electron chi connectivity index (χ1n) is 6.86. The summed E-state index contributed by atoms with van der Waals surface area (Å²) in [6.07, 6.45) is 0.777. The lowest BCUT2D eigenvalue weighted by Crippen LogP contribution is -2.50. The van der Waals surface area contributed by atoms with Crippen LogP contribution in [0, 0.1) is 12.8 Å². The molecule has 1 fully saturated rings. The standard InChI is InChI=1S/C13H22N4O2/c1-10(2)13(18)17-8-6-16(7-9-17)5-4-12-15-14-11(3)19-12/h10H,4-9H2,1-3H3.